The van der Waals surface area contributed by atoms with E-state index < -0.39 is 0 Å². The summed E-state index contributed by atoms with van der Waals surface area (Å²) < 4.78 is 6.56. The van der Waals surface area contributed by atoms with Crippen molar-refractivity contribution in [1.29, 1.82) is 0 Å². The highest BCUT2D eigenvalue weighted by molar-refractivity contribution is 9.10. The first-order chi connectivity index (χ1) is 10.5. The lowest BCUT2D eigenvalue weighted by Gasteiger charge is -2.27. The van der Waals surface area contributed by atoms with Gasteiger partial charge in [0.2, 0.25) is 0 Å². The van der Waals surface area contributed by atoms with Gasteiger partial charge in [0.1, 0.15) is 5.75 Å². The molecule has 2 aromatic rings. The van der Waals surface area contributed by atoms with Gasteiger partial charge in [-0.1, -0.05) is 27.5 Å². The van der Waals surface area contributed by atoms with Crippen molar-refractivity contribution in [2.24, 2.45) is 0 Å². The molecule has 1 aromatic heterocycles. The van der Waals surface area contributed by atoms with E-state index in [4.69, 9.17) is 16.3 Å². The van der Waals surface area contributed by atoms with Gasteiger partial charge in [-0.25, -0.2) is 0 Å². The van der Waals surface area contributed by atoms with Gasteiger partial charge in [0.15, 0.2) is 6.61 Å². The highest BCUT2D eigenvalue weighted by atomic mass is 79.9. The van der Waals surface area contributed by atoms with E-state index in [1.807, 2.05) is 17.9 Å². The van der Waals surface area contributed by atoms with Crippen LogP contribution in [0.2, 0.25) is 5.02 Å². The number of aryl methyl sites for hydroxylation is 1. The molecule has 1 aliphatic rings. The van der Waals surface area contributed by atoms with Crippen LogP contribution in [0.4, 0.5) is 0 Å². The van der Waals surface area contributed by atoms with E-state index in [2.05, 4.69) is 27.4 Å². The monoisotopic (exact) mass is 399 g/mol. The van der Waals surface area contributed by atoms with Gasteiger partial charge in [-0.05, 0) is 48.1 Å². The third-order valence-electron chi connectivity index (χ3n) is 3.69. The summed E-state index contributed by atoms with van der Waals surface area (Å²) >= 11 is 11.3. The molecule has 0 bridgehead atoms. The van der Waals surface area contributed by atoms with E-state index in [0.29, 0.717) is 17.3 Å². The van der Waals surface area contributed by atoms with Crippen LogP contribution in [-0.2, 0) is 17.8 Å². The van der Waals surface area contributed by atoms with E-state index >= 15 is 0 Å². The van der Waals surface area contributed by atoms with Crippen LogP contribution < -0.4 is 4.74 Å². The molecular weight excluding hydrogens is 386 g/mol. The number of benzene rings is 1. The van der Waals surface area contributed by atoms with E-state index in [-0.39, 0.29) is 12.5 Å². The van der Waals surface area contributed by atoms with Crippen molar-refractivity contribution in [2.75, 3.05) is 13.2 Å². The van der Waals surface area contributed by atoms with E-state index in [9.17, 15) is 4.79 Å². The zero-order valence-electron chi connectivity index (χ0n) is 12.1. The van der Waals surface area contributed by atoms with E-state index in [1.54, 1.807) is 17.4 Å². The Hall–Kier alpha value is -1.04. The van der Waals surface area contributed by atoms with Gasteiger partial charge in [-0.2, -0.15) is 0 Å². The number of hydrogen-bond donors (Lipinski definition) is 0. The lowest BCUT2D eigenvalue weighted by molar-refractivity contribution is -0.134. The molecule has 116 valence electrons. The van der Waals surface area contributed by atoms with Crippen LogP contribution in [0.15, 0.2) is 28.1 Å². The minimum atomic E-state index is -0.00441. The molecule has 0 spiro atoms. The highest BCUT2D eigenvalue weighted by Gasteiger charge is 2.22. The molecule has 3 rings (SSSR count). The molecule has 1 amide bonds. The number of thiophene rings is 1. The molecule has 0 radical (unpaired) electrons. The Kier molecular flexibility index (Phi) is 4.76. The minimum Gasteiger partial charge on any atom is -0.482 e. The van der Waals surface area contributed by atoms with Crippen LogP contribution in [0.5, 0.6) is 5.75 Å². The Balaban J connectivity index is 1.64. The average Bonchev–Trinajstić information content (AvgIpc) is 2.93. The van der Waals surface area contributed by atoms with Crippen molar-refractivity contribution in [3.05, 3.63) is 49.1 Å². The average molecular weight is 401 g/mol. The number of hydrogen-bond acceptors (Lipinski definition) is 3. The number of fused-ring (bicyclic) bond motifs is 1. The Morgan fingerprint density at radius 3 is 3.09 bits per heavy atom. The summed E-state index contributed by atoms with van der Waals surface area (Å²) in [5, 5.41) is 2.60. The van der Waals surface area contributed by atoms with Crippen LogP contribution in [-0.4, -0.2) is 24.0 Å². The number of carbonyl (C=O) groups is 1. The second-order valence-corrected chi connectivity index (χ2v) is 7.58. The van der Waals surface area contributed by atoms with Crippen molar-refractivity contribution < 1.29 is 9.53 Å². The SMILES string of the molecule is Cc1cc(Br)cc(Cl)c1OCC(=O)N1CCc2sccc2C1. The largest absolute Gasteiger partial charge is 0.482 e. The molecule has 0 unspecified atom stereocenters. The predicted molar refractivity (Wildman–Crippen MR) is 92.8 cm³/mol. The second kappa shape index (κ2) is 6.60. The number of amides is 1. The zero-order chi connectivity index (χ0) is 15.7. The molecule has 0 saturated heterocycles. The molecule has 2 heterocycles. The van der Waals surface area contributed by atoms with Crippen LogP contribution >= 0.6 is 38.9 Å². The quantitative estimate of drug-likeness (QED) is 0.762. The maximum Gasteiger partial charge on any atom is 0.260 e. The summed E-state index contributed by atoms with van der Waals surface area (Å²) in [5.41, 5.74) is 2.16. The van der Waals surface area contributed by atoms with Gasteiger partial charge >= 0.3 is 0 Å². The molecule has 0 atom stereocenters. The van der Waals surface area contributed by atoms with Crippen molar-refractivity contribution in [3.63, 3.8) is 0 Å². The summed E-state index contributed by atoms with van der Waals surface area (Å²) in [6.07, 6.45) is 0.927. The summed E-state index contributed by atoms with van der Waals surface area (Å²) in [5.74, 6) is 0.571. The van der Waals surface area contributed by atoms with Crippen LogP contribution in [0.3, 0.4) is 0 Å². The first kappa shape index (κ1) is 15.8. The maximum atomic E-state index is 12.3. The Morgan fingerprint density at radius 2 is 2.32 bits per heavy atom. The smallest absolute Gasteiger partial charge is 0.260 e. The van der Waals surface area contributed by atoms with Crippen molar-refractivity contribution in [3.8, 4) is 5.75 Å². The Labute approximate surface area is 147 Å². The molecule has 0 aliphatic carbocycles. The Morgan fingerprint density at radius 1 is 1.50 bits per heavy atom. The highest BCUT2D eigenvalue weighted by Crippen LogP contribution is 2.32. The molecule has 0 fully saturated rings. The molecule has 0 saturated carbocycles. The Bertz CT molecular complexity index is 693. The van der Waals surface area contributed by atoms with Gasteiger partial charge in [-0.15, -0.1) is 11.3 Å². The first-order valence-electron chi connectivity index (χ1n) is 6.96. The van der Waals surface area contributed by atoms with Crippen LogP contribution in [0.25, 0.3) is 0 Å². The van der Waals surface area contributed by atoms with Gasteiger partial charge in [0.25, 0.3) is 5.91 Å². The molecule has 1 aliphatic heterocycles. The molecular formula is C16H15BrClNO2S. The van der Waals surface area contributed by atoms with Crippen molar-refractivity contribution >= 4 is 44.8 Å². The number of nitrogens with zero attached hydrogens (tertiary/aromatic N) is 1. The number of carbonyl (C=O) groups excluding carboxylic acids is 1. The van der Waals surface area contributed by atoms with Gasteiger partial charge < -0.3 is 9.64 Å². The number of rotatable bonds is 3. The predicted octanol–water partition coefficient (Wildman–Crippen LogP) is 4.44. The molecule has 22 heavy (non-hydrogen) atoms. The van der Waals surface area contributed by atoms with Gasteiger partial charge in [0, 0.05) is 22.4 Å². The molecule has 3 nitrogen and oxygen atoms in total. The lowest BCUT2D eigenvalue weighted by atomic mass is 10.1. The van der Waals surface area contributed by atoms with Crippen molar-refractivity contribution in [1.82, 2.24) is 4.90 Å². The van der Waals surface area contributed by atoms with Crippen LogP contribution in [0.1, 0.15) is 16.0 Å². The zero-order valence-corrected chi connectivity index (χ0v) is 15.2. The van der Waals surface area contributed by atoms with Crippen LogP contribution in [0, 0.1) is 6.92 Å². The standard InChI is InChI=1S/C16H15BrClNO2S/c1-10-6-12(17)7-13(18)16(10)21-9-15(20)19-4-2-14-11(8-19)3-5-22-14/h3,5-7H,2,4,8-9H2,1H3. The normalized spacial score (nSPS) is 13.9. The number of halogens is 2. The maximum absolute atomic E-state index is 12.3. The fraction of sp³-hybridized carbons (Fsp3) is 0.312. The summed E-state index contributed by atoms with van der Waals surface area (Å²) in [4.78, 5) is 15.6. The molecule has 1 aromatic carbocycles. The third kappa shape index (κ3) is 3.31. The fourth-order valence-corrected chi connectivity index (χ4v) is 4.47. The topological polar surface area (TPSA) is 29.5 Å². The minimum absolute atomic E-state index is 0.00441. The fourth-order valence-electron chi connectivity index (χ4n) is 2.56. The van der Waals surface area contributed by atoms with E-state index in [0.717, 1.165) is 23.0 Å². The van der Waals surface area contributed by atoms with Gasteiger partial charge in [-0.3, -0.25) is 4.79 Å². The third-order valence-corrected chi connectivity index (χ3v) is 5.46. The van der Waals surface area contributed by atoms with E-state index in [1.165, 1.54) is 10.4 Å². The lowest BCUT2D eigenvalue weighted by Crippen LogP contribution is -2.38. The molecule has 0 N–H and O–H groups in total. The molecule has 6 heteroatoms. The summed E-state index contributed by atoms with van der Waals surface area (Å²) in [6.45, 7) is 3.35. The number of ether oxygens (including phenoxy) is 1. The van der Waals surface area contributed by atoms with Gasteiger partial charge in [0.05, 0.1) is 5.02 Å². The van der Waals surface area contributed by atoms with Crippen molar-refractivity contribution in [2.45, 2.75) is 19.9 Å². The summed E-state index contributed by atoms with van der Waals surface area (Å²) in [7, 11) is 0. The second-order valence-electron chi connectivity index (χ2n) is 5.26. The summed E-state index contributed by atoms with van der Waals surface area (Å²) in [6, 6.07) is 5.78. The first-order valence-corrected chi connectivity index (χ1v) is 9.01.